The molecule has 1 heterocycles. The molecule has 0 spiro atoms. The standard InChI is InChI=1S/C14H16Cl2N2O3/c1-18-7-8(6-11(18)14(20)21-2)17-13(19)12-9(15)4-3-5-10(12)16/h3-5,8,11H,6-7H2,1-2H3,(H,17,19)/t8-,11-/m0/s1. The molecule has 5 nitrogen and oxygen atoms in total. The molecule has 114 valence electrons. The third-order valence-electron chi connectivity index (χ3n) is 3.55. The van der Waals surface area contributed by atoms with Crippen molar-refractivity contribution < 1.29 is 14.3 Å². The Balaban J connectivity index is 2.06. The molecular weight excluding hydrogens is 315 g/mol. The summed E-state index contributed by atoms with van der Waals surface area (Å²) in [6.45, 7) is 0.563. The molecule has 1 N–H and O–H groups in total. The number of likely N-dealkylation sites (tertiary alicyclic amines) is 1. The van der Waals surface area contributed by atoms with Gasteiger partial charge in [0.25, 0.3) is 5.91 Å². The fraction of sp³-hybridized carbons (Fsp3) is 0.429. The van der Waals surface area contributed by atoms with Crippen LogP contribution in [0.2, 0.25) is 10.0 Å². The molecule has 1 saturated heterocycles. The van der Waals surface area contributed by atoms with Gasteiger partial charge in [0.05, 0.1) is 22.7 Å². The first-order chi connectivity index (χ1) is 9.93. The van der Waals surface area contributed by atoms with Crippen molar-refractivity contribution in [3.8, 4) is 0 Å². The Bertz CT molecular complexity index is 545. The molecule has 0 aliphatic carbocycles. The topological polar surface area (TPSA) is 58.6 Å². The van der Waals surface area contributed by atoms with Gasteiger partial charge in [-0.05, 0) is 25.6 Å². The largest absolute Gasteiger partial charge is 0.468 e. The Labute approximate surface area is 133 Å². The maximum absolute atomic E-state index is 12.3. The molecule has 0 aromatic heterocycles. The molecule has 1 aliphatic heterocycles. The van der Waals surface area contributed by atoms with Crippen LogP contribution in [0.25, 0.3) is 0 Å². The van der Waals surface area contributed by atoms with Crippen LogP contribution in [0.3, 0.4) is 0 Å². The smallest absolute Gasteiger partial charge is 0.323 e. The third kappa shape index (κ3) is 3.48. The number of amides is 1. The number of ether oxygens (including phenoxy) is 1. The van der Waals surface area contributed by atoms with E-state index in [1.165, 1.54) is 7.11 Å². The first-order valence-electron chi connectivity index (χ1n) is 6.47. The molecule has 1 amide bonds. The van der Waals surface area contributed by atoms with Crippen LogP contribution in [0.1, 0.15) is 16.8 Å². The predicted octanol–water partition coefficient (Wildman–Crippen LogP) is 1.97. The van der Waals surface area contributed by atoms with E-state index in [-0.39, 0.29) is 29.5 Å². The molecule has 2 rings (SSSR count). The quantitative estimate of drug-likeness (QED) is 0.861. The lowest BCUT2D eigenvalue weighted by molar-refractivity contribution is -0.145. The number of nitrogens with one attached hydrogen (secondary N) is 1. The van der Waals surface area contributed by atoms with Crippen molar-refractivity contribution in [2.24, 2.45) is 0 Å². The fourth-order valence-electron chi connectivity index (χ4n) is 2.49. The fourth-order valence-corrected chi connectivity index (χ4v) is 3.06. The van der Waals surface area contributed by atoms with Gasteiger partial charge in [-0.15, -0.1) is 0 Å². The Morgan fingerprint density at radius 1 is 1.33 bits per heavy atom. The van der Waals surface area contributed by atoms with Crippen molar-refractivity contribution in [1.82, 2.24) is 10.2 Å². The summed E-state index contributed by atoms with van der Waals surface area (Å²) in [5, 5.41) is 3.46. The highest BCUT2D eigenvalue weighted by Gasteiger charge is 2.36. The van der Waals surface area contributed by atoms with Gasteiger partial charge in [-0.25, -0.2) is 0 Å². The minimum atomic E-state index is -0.345. The number of methoxy groups -OCH3 is 1. The first kappa shape index (κ1) is 16.1. The zero-order chi connectivity index (χ0) is 15.6. The summed E-state index contributed by atoms with van der Waals surface area (Å²) >= 11 is 12.0. The van der Waals surface area contributed by atoms with E-state index in [1.807, 2.05) is 11.9 Å². The van der Waals surface area contributed by atoms with Gasteiger partial charge in [0.2, 0.25) is 0 Å². The van der Waals surface area contributed by atoms with Crippen LogP contribution >= 0.6 is 23.2 Å². The molecule has 1 aromatic carbocycles. The maximum atomic E-state index is 12.3. The number of esters is 1. The molecule has 1 aromatic rings. The third-order valence-corrected chi connectivity index (χ3v) is 4.18. The Hall–Kier alpha value is -1.30. The number of hydrogen-bond acceptors (Lipinski definition) is 4. The second kappa shape index (κ2) is 6.64. The Morgan fingerprint density at radius 2 is 1.95 bits per heavy atom. The summed E-state index contributed by atoms with van der Waals surface area (Å²) in [6, 6.07) is 4.40. The number of carbonyl (C=O) groups is 2. The monoisotopic (exact) mass is 330 g/mol. The summed E-state index contributed by atoms with van der Waals surface area (Å²) < 4.78 is 4.75. The molecule has 0 radical (unpaired) electrons. The number of rotatable bonds is 3. The molecular formula is C14H16Cl2N2O3. The summed E-state index contributed by atoms with van der Waals surface area (Å²) in [4.78, 5) is 25.7. The SMILES string of the molecule is COC(=O)[C@@H]1C[C@H](NC(=O)c2c(Cl)cccc2Cl)CN1C. The van der Waals surface area contributed by atoms with Crippen molar-refractivity contribution in [1.29, 1.82) is 0 Å². The van der Waals surface area contributed by atoms with Crippen molar-refractivity contribution in [3.63, 3.8) is 0 Å². The van der Waals surface area contributed by atoms with Crippen LogP contribution in [0.15, 0.2) is 18.2 Å². The highest BCUT2D eigenvalue weighted by Crippen LogP contribution is 2.25. The number of benzene rings is 1. The number of likely N-dealkylation sites (N-methyl/N-ethyl adjacent to an activating group) is 1. The van der Waals surface area contributed by atoms with Crippen molar-refractivity contribution in [3.05, 3.63) is 33.8 Å². The average molecular weight is 331 g/mol. The summed E-state index contributed by atoms with van der Waals surface area (Å²) in [5.41, 5.74) is 0.255. The van der Waals surface area contributed by atoms with E-state index < -0.39 is 0 Å². The molecule has 0 unspecified atom stereocenters. The Kier molecular flexibility index (Phi) is 5.08. The number of nitrogens with zero attached hydrogens (tertiary/aromatic N) is 1. The zero-order valence-electron chi connectivity index (χ0n) is 11.7. The molecule has 1 fully saturated rings. The van der Waals surface area contributed by atoms with Gasteiger partial charge in [-0.3, -0.25) is 14.5 Å². The van der Waals surface area contributed by atoms with E-state index in [2.05, 4.69) is 5.32 Å². The second-order valence-electron chi connectivity index (χ2n) is 4.98. The minimum absolute atomic E-state index is 0.154. The highest BCUT2D eigenvalue weighted by atomic mass is 35.5. The van der Waals surface area contributed by atoms with Crippen molar-refractivity contribution >= 4 is 35.1 Å². The molecule has 0 bridgehead atoms. The van der Waals surface area contributed by atoms with Crippen LogP contribution < -0.4 is 5.32 Å². The van der Waals surface area contributed by atoms with Crippen LogP contribution in [0, 0.1) is 0 Å². The van der Waals surface area contributed by atoms with Crippen molar-refractivity contribution in [2.45, 2.75) is 18.5 Å². The molecule has 0 saturated carbocycles. The molecule has 21 heavy (non-hydrogen) atoms. The van der Waals surface area contributed by atoms with Crippen LogP contribution in [-0.2, 0) is 9.53 Å². The van der Waals surface area contributed by atoms with Gasteiger partial charge >= 0.3 is 5.97 Å². The van der Waals surface area contributed by atoms with E-state index in [0.29, 0.717) is 23.0 Å². The van der Waals surface area contributed by atoms with E-state index in [9.17, 15) is 9.59 Å². The van der Waals surface area contributed by atoms with Gasteiger partial charge in [0.1, 0.15) is 6.04 Å². The van der Waals surface area contributed by atoms with Crippen molar-refractivity contribution in [2.75, 3.05) is 20.7 Å². The summed E-state index contributed by atoms with van der Waals surface area (Å²) in [7, 11) is 3.17. The zero-order valence-corrected chi connectivity index (χ0v) is 13.2. The number of halogens is 2. The molecule has 2 atom stereocenters. The van der Waals surface area contributed by atoms with E-state index in [0.717, 1.165) is 0 Å². The van der Waals surface area contributed by atoms with Crippen LogP contribution in [0.4, 0.5) is 0 Å². The normalized spacial score (nSPS) is 22.1. The lowest BCUT2D eigenvalue weighted by Crippen LogP contribution is -2.36. The lowest BCUT2D eigenvalue weighted by Gasteiger charge is -2.15. The van der Waals surface area contributed by atoms with Gasteiger partial charge in [-0.1, -0.05) is 29.3 Å². The van der Waals surface area contributed by atoms with E-state index in [1.54, 1.807) is 18.2 Å². The Morgan fingerprint density at radius 3 is 2.52 bits per heavy atom. The molecule has 1 aliphatic rings. The van der Waals surface area contributed by atoms with E-state index in [4.69, 9.17) is 27.9 Å². The minimum Gasteiger partial charge on any atom is -0.468 e. The first-order valence-corrected chi connectivity index (χ1v) is 7.22. The highest BCUT2D eigenvalue weighted by molar-refractivity contribution is 6.39. The van der Waals surface area contributed by atoms with Crippen LogP contribution in [-0.4, -0.2) is 49.6 Å². The molecule has 7 heteroatoms. The van der Waals surface area contributed by atoms with Gasteiger partial charge in [-0.2, -0.15) is 0 Å². The van der Waals surface area contributed by atoms with Gasteiger partial charge in [0, 0.05) is 12.6 Å². The van der Waals surface area contributed by atoms with Gasteiger partial charge in [0.15, 0.2) is 0 Å². The van der Waals surface area contributed by atoms with E-state index >= 15 is 0 Å². The lowest BCUT2D eigenvalue weighted by atomic mass is 10.1. The number of hydrogen-bond donors (Lipinski definition) is 1. The predicted molar refractivity (Wildman–Crippen MR) is 80.8 cm³/mol. The summed E-state index contributed by atoms with van der Waals surface area (Å²) in [5.74, 6) is -0.639. The maximum Gasteiger partial charge on any atom is 0.323 e. The summed E-state index contributed by atoms with van der Waals surface area (Å²) in [6.07, 6.45) is 0.497. The number of carbonyl (C=O) groups excluding carboxylic acids is 2. The van der Waals surface area contributed by atoms with Crippen LogP contribution in [0.5, 0.6) is 0 Å². The average Bonchev–Trinajstić information content (AvgIpc) is 2.78. The van der Waals surface area contributed by atoms with Gasteiger partial charge < -0.3 is 10.1 Å². The second-order valence-corrected chi connectivity index (χ2v) is 5.80.